The van der Waals surface area contributed by atoms with Gasteiger partial charge in [0, 0.05) is 30.3 Å². The molecule has 0 aliphatic rings. The summed E-state index contributed by atoms with van der Waals surface area (Å²) in [6.45, 7) is 14.7. The Morgan fingerprint density at radius 3 is 2.17 bits per heavy atom. The van der Waals surface area contributed by atoms with Crippen molar-refractivity contribution in [2.24, 2.45) is 0 Å². The van der Waals surface area contributed by atoms with Crippen LogP contribution in [0.4, 0.5) is 5.69 Å². The van der Waals surface area contributed by atoms with Crippen LogP contribution in [0.25, 0.3) is 0 Å². The first-order chi connectivity index (χ1) is 13.7. The molecule has 2 amide bonds. The van der Waals surface area contributed by atoms with Gasteiger partial charge in [0.25, 0.3) is 5.91 Å². The van der Waals surface area contributed by atoms with Gasteiger partial charge >= 0.3 is 0 Å². The van der Waals surface area contributed by atoms with Crippen molar-refractivity contribution in [1.29, 1.82) is 0 Å². The smallest absolute Gasteiger partial charge is 0.251 e. The molecule has 7 nitrogen and oxygen atoms in total. The Morgan fingerprint density at radius 2 is 1.63 bits per heavy atom. The van der Waals surface area contributed by atoms with Crippen LogP contribution >= 0.6 is 0 Å². The molecule has 8 heteroatoms. The number of carbonyl (C=O) groups is 2. The standard InChI is InChI=1S/C22H37N3O4S/c1-14(2)24-21(27)18-13-15(3)20(17(5)16(18)4)25-19(26)11-9-10-12-23-30(28,29)22(6,7)8/h13-14,23H,9-12H2,1-8H3,(H,24,27)(H,25,26). The zero-order valence-electron chi connectivity index (χ0n) is 19.5. The molecule has 0 spiro atoms. The van der Waals surface area contributed by atoms with E-state index in [0.717, 1.165) is 22.4 Å². The maximum absolute atomic E-state index is 12.4. The van der Waals surface area contributed by atoms with Gasteiger partial charge in [-0.1, -0.05) is 0 Å². The van der Waals surface area contributed by atoms with Gasteiger partial charge in [0.1, 0.15) is 0 Å². The van der Waals surface area contributed by atoms with Crippen molar-refractivity contribution < 1.29 is 18.0 Å². The number of hydrogen-bond acceptors (Lipinski definition) is 4. The lowest BCUT2D eigenvalue weighted by Gasteiger charge is -2.19. The van der Waals surface area contributed by atoms with Crippen LogP contribution in [-0.4, -0.2) is 37.6 Å². The highest BCUT2D eigenvalue weighted by Crippen LogP contribution is 2.27. The third-order valence-corrected chi connectivity index (χ3v) is 7.15. The third-order valence-electron chi connectivity index (χ3n) is 4.95. The van der Waals surface area contributed by atoms with Crippen LogP contribution in [-0.2, 0) is 14.8 Å². The van der Waals surface area contributed by atoms with Crippen molar-refractivity contribution in [3.63, 3.8) is 0 Å². The number of rotatable bonds is 9. The second kappa shape index (κ2) is 10.4. The Morgan fingerprint density at radius 1 is 1.03 bits per heavy atom. The molecule has 0 aromatic heterocycles. The van der Waals surface area contributed by atoms with E-state index in [-0.39, 0.29) is 17.9 Å². The fourth-order valence-corrected chi connectivity index (χ4v) is 3.73. The van der Waals surface area contributed by atoms with E-state index >= 15 is 0 Å². The SMILES string of the molecule is Cc1cc(C(=O)NC(C)C)c(C)c(C)c1NC(=O)CCCCNS(=O)(=O)C(C)(C)C. The number of sulfonamides is 1. The summed E-state index contributed by atoms with van der Waals surface area (Å²) in [5.74, 6) is -0.247. The minimum atomic E-state index is -3.37. The number of anilines is 1. The summed E-state index contributed by atoms with van der Waals surface area (Å²) in [5, 5.41) is 5.85. The second-order valence-corrected chi connectivity index (χ2v) is 11.5. The normalized spacial score (nSPS) is 12.2. The van der Waals surface area contributed by atoms with Gasteiger partial charge in [-0.05, 0) is 91.0 Å². The van der Waals surface area contributed by atoms with E-state index in [9.17, 15) is 18.0 Å². The van der Waals surface area contributed by atoms with Crippen molar-refractivity contribution in [2.75, 3.05) is 11.9 Å². The van der Waals surface area contributed by atoms with Crippen molar-refractivity contribution in [3.05, 3.63) is 28.3 Å². The molecule has 0 unspecified atom stereocenters. The molecule has 0 aliphatic heterocycles. The van der Waals surface area contributed by atoms with Gasteiger partial charge in [0.15, 0.2) is 0 Å². The third kappa shape index (κ3) is 7.09. The largest absolute Gasteiger partial charge is 0.350 e. The molecular formula is C22H37N3O4S. The molecule has 0 aliphatic carbocycles. The summed E-state index contributed by atoms with van der Waals surface area (Å²) in [6.07, 6.45) is 1.45. The molecule has 30 heavy (non-hydrogen) atoms. The number of benzene rings is 1. The Hall–Kier alpha value is -1.93. The predicted octanol–water partition coefficient (Wildman–Crippen LogP) is 3.58. The summed E-state index contributed by atoms with van der Waals surface area (Å²) in [7, 11) is -3.37. The molecular weight excluding hydrogens is 402 g/mol. The van der Waals surface area contributed by atoms with E-state index in [4.69, 9.17) is 0 Å². The number of amides is 2. The molecule has 0 saturated heterocycles. The predicted molar refractivity (Wildman–Crippen MR) is 122 cm³/mol. The molecule has 1 rings (SSSR count). The molecule has 0 radical (unpaired) electrons. The number of nitrogens with one attached hydrogen (secondary N) is 3. The van der Waals surface area contributed by atoms with Crippen LogP contribution in [0, 0.1) is 20.8 Å². The zero-order chi connectivity index (χ0) is 23.3. The molecule has 1 aromatic rings. The molecule has 0 saturated carbocycles. The Balaban J connectivity index is 2.68. The Bertz CT molecular complexity index is 885. The summed E-state index contributed by atoms with van der Waals surface area (Å²) < 4.78 is 25.8. The first-order valence-electron chi connectivity index (χ1n) is 10.4. The molecule has 1 aromatic carbocycles. The summed E-state index contributed by atoms with van der Waals surface area (Å²) in [5.41, 5.74) is 3.88. The van der Waals surface area contributed by atoms with E-state index < -0.39 is 14.8 Å². The number of hydrogen-bond donors (Lipinski definition) is 3. The Kier molecular flexibility index (Phi) is 9.05. The summed E-state index contributed by atoms with van der Waals surface area (Å²) in [6, 6.07) is 1.85. The molecule has 0 bridgehead atoms. The van der Waals surface area contributed by atoms with Crippen molar-refractivity contribution >= 4 is 27.5 Å². The summed E-state index contributed by atoms with van der Waals surface area (Å²) in [4.78, 5) is 24.8. The number of unbranched alkanes of at least 4 members (excludes halogenated alkanes) is 1. The van der Waals surface area contributed by atoms with Gasteiger partial charge in [0.05, 0.1) is 4.75 Å². The number of aryl methyl sites for hydroxylation is 1. The van der Waals surface area contributed by atoms with Crippen LogP contribution < -0.4 is 15.4 Å². The lowest BCUT2D eigenvalue weighted by Crippen LogP contribution is -2.39. The highest BCUT2D eigenvalue weighted by atomic mass is 32.2. The highest BCUT2D eigenvalue weighted by molar-refractivity contribution is 7.90. The quantitative estimate of drug-likeness (QED) is 0.512. The maximum atomic E-state index is 12.4. The van der Waals surface area contributed by atoms with Crippen molar-refractivity contribution in [1.82, 2.24) is 10.0 Å². The molecule has 0 atom stereocenters. The Labute approximate surface area is 181 Å². The van der Waals surface area contributed by atoms with Crippen molar-refractivity contribution in [3.8, 4) is 0 Å². The van der Waals surface area contributed by atoms with Crippen LogP contribution in [0.1, 0.15) is 80.9 Å². The van der Waals surface area contributed by atoms with Crippen LogP contribution in [0.15, 0.2) is 6.07 Å². The van der Waals surface area contributed by atoms with Gasteiger partial charge in [0.2, 0.25) is 15.9 Å². The number of carbonyl (C=O) groups excluding carboxylic acids is 2. The second-order valence-electron chi connectivity index (χ2n) is 9.01. The zero-order valence-corrected chi connectivity index (χ0v) is 20.3. The molecule has 0 fully saturated rings. The molecule has 170 valence electrons. The van der Waals surface area contributed by atoms with Gasteiger partial charge in [-0.15, -0.1) is 0 Å². The van der Waals surface area contributed by atoms with Gasteiger partial charge in [-0.3, -0.25) is 9.59 Å². The summed E-state index contributed by atoms with van der Waals surface area (Å²) >= 11 is 0. The first kappa shape index (κ1) is 26.1. The fourth-order valence-electron chi connectivity index (χ4n) is 2.89. The monoisotopic (exact) mass is 439 g/mol. The van der Waals surface area contributed by atoms with Crippen LogP contribution in [0.2, 0.25) is 0 Å². The average molecular weight is 440 g/mol. The van der Waals surface area contributed by atoms with E-state index in [1.807, 2.05) is 34.6 Å². The van der Waals surface area contributed by atoms with Gasteiger partial charge < -0.3 is 10.6 Å². The minimum absolute atomic E-state index is 0.0461. The maximum Gasteiger partial charge on any atom is 0.251 e. The topological polar surface area (TPSA) is 104 Å². The van der Waals surface area contributed by atoms with E-state index in [1.165, 1.54) is 0 Å². The van der Waals surface area contributed by atoms with Crippen molar-refractivity contribution in [2.45, 2.75) is 85.4 Å². The van der Waals surface area contributed by atoms with Crippen LogP contribution in [0.3, 0.4) is 0 Å². The first-order valence-corrected chi connectivity index (χ1v) is 11.9. The van der Waals surface area contributed by atoms with Crippen LogP contribution in [0.5, 0.6) is 0 Å². The highest BCUT2D eigenvalue weighted by Gasteiger charge is 2.28. The van der Waals surface area contributed by atoms with E-state index in [0.29, 0.717) is 31.4 Å². The van der Waals surface area contributed by atoms with E-state index in [2.05, 4.69) is 15.4 Å². The van der Waals surface area contributed by atoms with Gasteiger partial charge in [-0.25, -0.2) is 13.1 Å². The minimum Gasteiger partial charge on any atom is -0.350 e. The van der Waals surface area contributed by atoms with E-state index in [1.54, 1.807) is 26.8 Å². The lowest BCUT2D eigenvalue weighted by atomic mass is 9.96. The molecule has 3 N–H and O–H groups in total. The van der Waals surface area contributed by atoms with Gasteiger partial charge in [-0.2, -0.15) is 0 Å². The molecule has 0 heterocycles. The lowest BCUT2D eigenvalue weighted by molar-refractivity contribution is -0.116. The average Bonchev–Trinajstić information content (AvgIpc) is 2.59. The fraction of sp³-hybridized carbons (Fsp3) is 0.636.